The minimum Gasteiger partial charge on any atom is -0.0622 e. The van der Waals surface area contributed by atoms with Crippen LogP contribution in [0.2, 0.25) is 0 Å². The van der Waals surface area contributed by atoms with Crippen LogP contribution in [-0.4, -0.2) is 0 Å². The molecule has 0 heterocycles. The molecule has 0 amide bonds. The average Bonchev–Trinajstić information content (AvgIpc) is 3.17. The van der Waals surface area contributed by atoms with E-state index in [4.69, 9.17) is 0 Å². The first-order valence-electron chi connectivity index (χ1n) is 16.6. The predicted molar refractivity (Wildman–Crippen MR) is 206 cm³/mol. The van der Waals surface area contributed by atoms with Crippen molar-refractivity contribution in [2.24, 2.45) is 0 Å². The van der Waals surface area contributed by atoms with Crippen LogP contribution in [0.5, 0.6) is 0 Å². The lowest BCUT2D eigenvalue weighted by atomic mass is 9.85. The van der Waals surface area contributed by atoms with Crippen molar-refractivity contribution in [3.63, 3.8) is 0 Å². The second kappa shape index (κ2) is 11.8. The molecule has 9 aromatic rings. The Balaban J connectivity index is 1.18. The summed E-state index contributed by atoms with van der Waals surface area (Å²) in [4.78, 5) is 0. The van der Waals surface area contributed by atoms with E-state index in [9.17, 15) is 0 Å². The molecular weight excluding hydrogens is 577 g/mol. The Kier molecular flexibility index (Phi) is 6.91. The monoisotopic (exact) mass is 608 g/mol. The average molecular weight is 609 g/mol. The summed E-state index contributed by atoms with van der Waals surface area (Å²) < 4.78 is 0. The van der Waals surface area contributed by atoms with E-state index in [2.05, 4.69) is 194 Å². The van der Waals surface area contributed by atoms with Crippen LogP contribution in [0.25, 0.3) is 88.0 Å². The molecule has 0 N–H and O–H groups in total. The Morgan fingerprint density at radius 1 is 0.167 bits per heavy atom. The number of benzene rings is 9. The lowest BCUT2D eigenvalue weighted by Crippen LogP contribution is -1.91. The van der Waals surface area contributed by atoms with Crippen LogP contribution in [0.1, 0.15) is 0 Å². The van der Waals surface area contributed by atoms with Gasteiger partial charge in [-0.1, -0.05) is 194 Å². The van der Waals surface area contributed by atoms with Gasteiger partial charge in [0, 0.05) is 0 Å². The van der Waals surface area contributed by atoms with Crippen LogP contribution in [0.15, 0.2) is 194 Å². The summed E-state index contributed by atoms with van der Waals surface area (Å²) in [5, 5.41) is 7.61. The minimum atomic E-state index is 1.22. The molecule has 0 aromatic heterocycles. The van der Waals surface area contributed by atoms with Gasteiger partial charge in [0.25, 0.3) is 0 Å². The topological polar surface area (TPSA) is 0 Å². The highest BCUT2D eigenvalue weighted by Crippen LogP contribution is 2.44. The van der Waals surface area contributed by atoms with Crippen molar-refractivity contribution >= 4 is 32.3 Å². The highest BCUT2D eigenvalue weighted by Gasteiger charge is 2.17. The van der Waals surface area contributed by atoms with E-state index in [0.717, 1.165) is 0 Å². The SMILES string of the molecule is c1ccc(-c2ccc(-c3c4ccccc4c(-c4ccc(-c5ccc(-c6ccccc6)c6ccccc56)cc4)c4ccccc34)cc2)cc1. The van der Waals surface area contributed by atoms with Crippen molar-refractivity contribution in [3.8, 4) is 55.6 Å². The van der Waals surface area contributed by atoms with Gasteiger partial charge in [0.1, 0.15) is 0 Å². The Hall–Kier alpha value is -6.24. The van der Waals surface area contributed by atoms with Crippen molar-refractivity contribution in [1.82, 2.24) is 0 Å². The van der Waals surface area contributed by atoms with Gasteiger partial charge in [-0.05, 0) is 88.0 Å². The van der Waals surface area contributed by atoms with Crippen molar-refractivity contribution in [3.05, 3.63) is 194 Å². The molecular formula is C48H32. The maximum absolute atomic E-state index is 2.30. The van der Waals surface area contributed by atoms with E-state index in [1.54, 1.807) is 0 Å². The first-order valence-corrected chi connectivity index (χ1v) is 16.6. The zero-order chi connectivity index (χ0) is 31.9. The fourth-order valence-corrected chi connectivity index (χ4v) is 7.45. The maximum atomic E-state index is 2.30. The van der Waals surface area contributed by atoms with Gasteiger partial charge in [-0.3, -0.25) is 0 Å². The molecule has 0 atom stereocenters. The molecule has 0 aliphatic rings. The van der Waals surface area contributed by atoms with Gasteiger partial charge in [0.15, 0.2) is 0 Å². The fourth-order valence-electron chi connectivity index (χ4n) is 7.45. The molecule has 9 rings (SSSR count). The van der Waals surface area contributed by atoms with Crippen molar-refractivity contribution in [2.45, 2.75) is 0 Å². The normalized spacial score (nSPS) is 11.3. The Labute approximate surface area is 281 Å². The van der Waals surface area contributed by atoms with Crippen LogP contribution < -0.4 is 0 Å². The third kappa shape index (κ3) is 4.78. The van der Waals surface area contributed by atoms with E-state index in [1.807, 2.05) is 0 Å². The molecule has 0 heteroatoms. The van der Waals surface area contributed by atoms with Gasteiger partial charge < -0.3 is 0 Å². The predicted octanol–water partition coefficient (Wildman–Crippen LogP) is 13.5. The molecule has 0 aliphatic heterocycles. The summed E-state index contributed by atoms with van der Waals surface area (Å²) in [5.41, 5.74) is 12.5. The van der Waals surface area contributed by atoms with Crippen LogP contribution in [0.4, 0.5) is 0 Å². The zero-order valence-electron chi connectivity index (χ0n) is 26.5. The van der Waals surface area contributed by atoms with E-state index >= 15 is 0 Å². The zero-order valence-corrected chi connectivity index (χ0v) is 26.5. The quantitative estimate of drug-likeness (QED) is 0.171. The van der Waals surface area contributed by atoms with Crippen LogP contribution in [0, 0.1) is 0 Å². The van der Waals surface area contributed by atoms with Crippen LogP contribution >= 0.6 is 0 Å². The van der Waals surface area contributed by atoms with E-state index < -0.39 is 0 Å². The smallest absolute Gasteiger partial charge is 0.00264 e. The van der Waals surface area contributed by atoms with Gasteiger partial charge in [0.2, 0.25) is 0 Å². The molecule has 9 aromatic carbocycles. The van der Waals surface area contributed by atoms with Gasteiger partial charge in [-0.2, -0.15) is 0 Å². The lowest BCUT2D eigenvalue weighted by Gasteiger charge is -2.18. The van der Waals surface area contributed by atoms with Gasteiger partial charge in [-0.15, -0.1) is 0 Å². The third-order valence-corrected chi connectivity index (χ3v) is 9.71. The molecule has 0 fully saturated rings. The molecule has 0 bridgehead atoms. The molecule has 0 nitrogen and oxygen atoms in total. The second-order valence-corrected chi connectivity index (χ2v) is 12.4. The molecule has 0 aliphatic carbocycles. The standard InChI is InChI=1S/C48H32/c1-3-13-33(14-4-1)34-23-27-37(28-24-34)47-43-19-9-11-21-45(43)48(46-22-12-10-20-44(46)47)38-29-25-36(26-30-38)40-32-31-39(35-15-5-2-6-16-35)41-17-7-8-18-42(40)41/h1-32H. The summed E-state index contributed by atoms with van der Waals surface area (Å²) in [6.07, 6.45) is 0. The molecule has 224 valence electrons. The summed E-state index contributed by atoms with van der Waals surface area (Å²) in [7, 11) is 0. The van der Waals surface area contributed by atoms with Crippen molar-refractivity contribution < 1.29 is 0 Å². The third-order valence-electron chi connectivity index (χ3n) is 9.71. The highest BCUT2D eigenvalue weighted by molar-refractivity contribution is 6.21. The van der Waals surface area contributed by atoms with Crippen molar-refractivity contribution in [2.75, 3.05) is 0 Å². The van der Waals surface area contributed by atoms with Crippen molar-refractivity contribution in [1.29, 1.82) is 0 Å². The molecule has 0 saturated heterocycles. The van der Waals surface area contributed by atoms with E-state index in [0.29, 0.717) is 0 Å². The number of fused-ring (bicyclic) bond motifs is 3. The lowest BCUT2D eigenvalue weighted by molar-refractivity contribution is 1.61. The maximum Gasteiger partial charge on any atom is -0.00264 e. The fraction of sp³-hybridized carbons (Fsp3) is 0. The number of hydrogen-bond acceptors (Lipinski definition) is 0. The summed E-state index contributed by atoms with van der Waals surface area (Å²) >= 11 is 0. The summed E-state index contributed by atoms with van der Waals surface area (Å²) in [6.45, 7) is 0. The Morgan fingerprint density at radius 2 is 0.438 bits per heavy atom. The molecule has 48 heavy (non-hydrogen) atoms. The van der Waals surface area contributed by atoms with Gasteiger partial charge in [-0.25, -0.2) is 0 Å². The number of rotatable bonds is 5. The Bertz CT molecular complexity index is 2500. The summed E-state index contributed by atoms with van der Waals surface area (Å²) in [6, 6.07) is 70.6. The Morgan fingerprint density at radius 3 is 0.854 bits per heavy atom. The first kappa shape index (κ1) is 28.0. The van der Waals surface area contributed by atoms with E-state index in [1.165, 1.54) is 88.0 Å². The van der Waals surface area contributed by atoms with Gasteiger partial charge >= 0.3 is 0 Å². The molecule has 0 saturated carbocycles. The molecule has 0 unspecified atom stereocenters. The highest BCUT2D eigenvalue weighted by atomic mass is 14.2. The van der Waals surface area contributed by atoms with Crippen LogP contribution in [-0.2, 0) is 0 Å². The number of hydrogen-bond donors (Lipinski definition) is 0. The van der Waals surface area contributed by atoms with E-state index in [-0.39, 0.29) is 0 Å². The molecule has 0 radical (unpaired) electrons. The minimum absolute atomic E-state index is 1.22. The van der Waals surface area contributed by atoms with Crippen LogP contribution in [0.3, 0.4) is 0 Å². The van der Waals surface area contributed by atoms with Gasteiger partial charge in [0.05, 0.1) is 0 Å². The summed E-state index contributed by atoms with van der Waals surface area (Å²) in [5.74, 6) is 0. The second-order valence-electron chi connectivity index (χ2n) is 12.4. The first-order chi connectivity index (χ1) is 23.8. The molecule has 0 spiro atoms. The largest absolute Gasteiger partial charge is 0.0622 e.